The van der Waals surface area contributed by atoms with Gasteiger partial charge in [-0.05, 0) is 48.5 Å². The van der Waals surface area contributed by atoms with Gasteiger partial charge in [0.1, 0.15) is 20.6 Å². The standard InChI is InChI=1S/C20H21F3N4O3S.C19H21ClN4O3S.CH4/c21-20(22,23)18-7-6-17(12-24-18)31(29,30)27-13-15(14-27)19(28)26-10-8-25(9-11-26)16-4-2-1-3-5-16;20-18-17(7-4-8-21-18)28(26,27)24-13-15(14-24)19(25)23-11-9-22(10-12-23)16-5-2-1-3-6-16;/h1-7,12,15H,8-11,13-14H2;1-8,15H,9-14H2;1H4. The molecule has 20 heteroatoms. The number of piperazine rings is 2. The number of carbonyl (C=O) groups excluding carboxylic acids is 2. The van der Waals surface area contributed by atoms with E-state index in [-0.39, 0.29) is 66.3 Å². The van der Waals surface area contributed by atoms with Gasteiger partial charge in [-0.2, -0.15) is 21.8 Å². The third-order valence-electron chi connectivity index (χ3n) is 10.8. The maximum Gasteiger partial charge on any atom is 0.433 e. The smallest absolute Gasteiger partial charge is 0.368 e. The molecule has 2 aromatic carbocycles. The van der Waals surface area contributed by atoms with E-state index in [2.05, 4.69) is 31.9 Å². The minimum absolute atomic E-state index is 0. The first-order valence-corrected chi connectivity index (χ1v) is 22.2. The third-order valence-corrected chi connectivity index (χ3v) is 14.9. The molecule has 0 bridgehead atoms. The van der Waals surface area contributed by atoms with Crippen LogP contribution in [0.3, 0.4) is 0 Å². The van der Waals surface area contributed by atoms with Crippen LogP contribution in [0.1, 0.15) is 13.1 Å². The van der Waals surface area contributed by atoms with Gasteiger partial charge in [0, 0.05) is 102 Å². The summed E-state index contributed by atoms with van der Waals surface area (Å²) >= 11 is 5.92. The number of pyridine rings is 2. The molecule has 60 heavy (non-hydrogen) atoms. The van der Waals surface area contributed by atoms with Crippen molar-refractivity contribution in [1.82, 2.24) is 28.4 Å². The van der Waals surface area contributed by atoms with Gasteiger partial charge in [0.15, 0.2) is 0 Å². The Bertz CT molecular complexity index is 2320. The second kappa shape index (κ2) is 18.4. The zero-order valence-corrected chi connectivity index (χ0v) is 34.1. The van der Waals surface area contributed by atoms with Crippen molar-refractivity contribution in [2.45, 2.75) is 23.4 Å². The lowest BCUT2D eigenvalue weighted by Gasteiger charge is -2.42. The SMILES string of the molecule is C.O=C(C1CN(S(=O)(=O)c2ccc(C(F)(F)F)nc2)C1)N1CCN(c2ccccc2)CC1.O=C(C1CN(S(=O)(=O)c2cccnc2Cl)C1)N1CCN(c2ccccc2)CC1. The minimum Gasteiger partial charge on any atom is -0.368 e. The zero-order valence-electron chi connectivity index (χ0n) is 31.7. The minimum atomic E-state index is -4.64. The lowest BCUT2D eigenvalue weighted by atomic mass is 10.0. The van der Waals surface area contributed by atoms with Crippen molar-refractivity contribution in [2.24, 2.45) is 11.8 Å². The zero-order chi connectivity index (χ0) is 42.0. The van der Waals surface area contributed by atoms with Crippen LogP contribution in [0.25, 0.3) is 0 Å². The number of amides is 2. The van der Waals surface area contributed by atoms with Crippen molar-refractivity contribution in [2.75, 3.05) is 88.3 Å². The van der Waals surface area contributed by atoms with Gasteiger partial charge >= 0.3 is 6.18 Å². The highest BCUT2D eigenvalue weighted by atomic mass is 35.5. The molecule has 4 fully saturated rings. The number of hydrogen-bond acceptors (Lipinski definition) is 10. The first kappa shape index (κ1) is 44.7. The molecule has 2 amide bonds. The van der Waals surface area contributed by atoms with E-state index in [1.807, 2.05) is 53.4 Å². The van der Waals surface area contributed by atoms with Crippen molar-refractivity contribution < 1.29 is 39.6 Å². The molecule has 0 N–H and O–H groups in total. The molecule has 0 atom stereocenters. The Morgan fingerprint density at radius 2 is 1.05 bits per heavy atom. The molecule has 6 heterocycles. The highest BCUT2D eigenvalue weighted by molar-refractivity contribution is 7.89. The number of sulfonamides is 2. The quantitative estimate of drug-likeness (QED) is 0.233. The van der Waals surface area contributed by atoms with Gasteiger partial charge in [0.05, 0.1) is 11.8 Å². The summed E-state index contributed by atoms with van der Waals surface area (Å²) in [5.41, 5.74) is 1.10. The summed E-state index contributed by atoms with van der Waals surface area (Å²) in [6, 6.07) is 24.5. The summed E-state index contributed by atoms with van der Waals surface area (Å²) in [5.74, 6) is -0.810. The van der Waals surface area contributed by atoms with Gasteiger partial charge < -0.3 is 19.6 Å². The number of halogens is 4. The number of carbonyl (C=O) groups is 2. The van der Waals surface area contributed by atoms with Crippen LogP contribution in [0.2, 0.25) is 5.15 Å². The summed E-state index contributed by atoms with van der Waals surface area (Å²) in [7, 11) is -7.70. The van der Waals surface area contributed by atoms with Crippen LogP contribution in [-0.4, -0.2) is 136 Å². The number of rotatable bonds is 8. The number of nitrogens with zero attached hydrogens (tertiary/aromatic N) is 8. The van der Waals surface area contributed by atoms with Gasteiger partial charge in [0.2, 0.25) is 31.9 Å². The Hall–Kier alpha value is -4.82. The van der Waals surface area contributed by atoms with Gasteiger partial charge in [-0.15, -0.1) is 0 Å². The molecular formula is C40H46ClF3N8O6S2. The summed E-state index contributed by atoms with van der Waals surface area (Å²) in [6.45, 7) is 5.74. The molecule has 4 aromatic rings. The van der Waals surface area contributed by atoms with Crippen LogP contribution in [0, 0.1) is 11.8 Å². The van der Waals surface area contributed by atoms with E-state index < -0.39 is 37.8 Å². The Morgan fingerprint density at radius 1 is 0.600 bits per heavy atom. The molecule has 4 aliphatic rings. The Balaban J connectivity index is 0.000000199. The molecule has 0 spiro atoms. The predicted octanol–water partition coefficient (Wildman–Crippen LogP) is 4.41. The number of hydrogen-bond donors (Lipinski definition) is 0. The van der Waals surface area contributed by atoms with Crippen LogP contribution in [0.4, 0.5) is 24.5 Å². The lowest BCUT2D eigenvalue weighted by Crippen LogP contribution is -2.59. The molecule has 0 radical (unpaired) electrons. The highest BCUT2D eigenvalue weighted by Gasteiger charge is 2.44. The van der Waals surface area contributed by atoms with E-state index >= 15 is 0 Å². The van der Waals surface area contributed by atoms with Gasteiger partial charge in [-0.25, -0.2) is 21.8 Å². The maximum absolute atomic E-state index is 12.7. The lowest BCUT2D eigenvalue weighted by molar-refractivity contribution is -0.141. The summed E-state index contributed by atoms with van der Waals surface area (Å²) < 4.78 is 90.7. The first-order chi connectivity index (χ1) is 28.1. The van der Waals surface area contributed by atoms with Crippen LogP contribution in [0.15, 0.2) is 107 Å². The number of benzene rings is 2. The average Bonchev–Trinajstić information content (AvgIpc) is 3.20. The van der Waals surface area contributed by atoms with Crippen molar-refractivity contribution in [3.8, 4) is 0 Å². The fourth-order valence-corrected chi connectivity index (χ4v) is 10.7. The molecule has 4 saturated heterocycles. The molecule has 2 aromatic heterocycles. The van der Waals surface area contributed by atoms with Crippen molar-refractivity contribution >= 4 is 54.8 Å². The number of anilines is 2. The molecule has 0 saturated carbocycles. The highest BCUT2D eigenvalue weighted by Crippen LogP contribution is 2.32. The Kier molecular flexibility index (Phi) is 13.7. The van der Waals surface area contributed by atoms with E-state index in [1.54, 1.807) is 4.90 Å². The fourth-order valence-electron chi connectivity index (χ4n) is 7.30. The van der Waals surface area contributed by atoms with E-state index in [4.69, 9.17) is 11.6 Å². The number of aromatic nitrogens is 2. The van der Waals surface area contributed by atoms with Gasteiger partial charge in [0.25, 0.3) is 0 Å². The second-order valence-electron chi connectivity index (χ2n) is 14.5. The molecule has 322 valence electrons. The normalized spacial score (nSPS) is 18.4. The maximum atomic E-state index is 12.7. The number of alkyl halides is 3. The topological polar surface area (TPSA) is 148 Å². The van der Waals surface area contributed by atoms with Crippen LogP contribution in [0.5, 0.6) is 0 Å². The largest absolute Gasteiger partial charge is 0.433 e. The van der Waals surface area contributed by atoms with E-state index in [9.17, 15) is 39.6 Å². The van der Waals surface area contributed by atoms with Crippen LogP contribution >= 0.6 is 11.6 Å². The molecule has 0 unspecified atom stereocenters. The fraction of sp³-hybridized carbons (Fsp3) is 0.400. The van der Waals surface area contributed by atoms with Crippen LogP contribution < -0.4 is 9.80 Å². The molecular weight excluding hydrogens is 845 g/mol. The predicted molar refractivity (Wildman–Crippen MR) is 220 cm³/mol. The number of para-hydroxylation sites is 2. The Morgan fingerprint density at radius 3 is 1.45 bits per heavy atom. The van der Waals surface area contributed by atoms with Gasteiger partial charge in [-0.3, -0.25) is 14.6 Å². The molecule has 8 rings (SSSR count). The van der Waals surface area contributed by atoms with E-state index in [0.717, 1.165) is 34.8 Å². The summed E-state index contributed by atoms with van der Waals surface area (Å²) in [6.07, 6.45) is -2.49. The third kappa shape index (κ3) is 9.70. The summed E-state index contributed by atoms with van der Waals surface area (Å²) in [4.78, 5) is 40.2. The van der Waals surface area contributed by atoms with Gasteiger partial charge in [-0.1, -0.05) is 55.4 Å². The van der Waals surface area contributed by atoms with E-state index in [1.165, 1.54) is 22.6 Å². The molecule has 4 aliphatic heterocycles. The van der Waals surface area contributed by atoms with Crippen molar-refractivity contribution in [3.63, 3.8) is 0 Å². The van der Waals surface area contributed by atoms with Crippen LogP contribution in [-0.2, 0) is 35.8 Å². The summed E-state index contributed by atoms with van der Waals surface area (Å²) in [5, 5.41) is -0.0469. The molecule has 14 nitrogen and oxygen atoms in total. The monoisotopic (exact) mass is 890 g/mol. The Labute approximate surface area is 353 Å². The van der Waals surface area contributed by atoms with Crippen molar-refractivity contribution in [1.29, 1.82) is 0 Å². The average molecular weight is 891 g/mol. The second-order valence-corrected chi connectivity index (χ2v) is 18.7. The molecule has 0 aliphatic carbocycles. The van der Waals surface area contributed by atoms with Crippen molar-refractivity contribution in [3.05, 3.63) is 108 Å². The first-order valence-electron chi connectivity index (χ1n) is 18.9. The van der Waals surface area contributed by atoms with E-state index in [0.29, 0.717) is 51.5 Å².